The molecule has 6 heteroatoms. The van der Waals surface area contributed by atoms with E-state index >= 15 is 0 Å². The van der Waals surface area contributed by atoms with Crippen molar-refractivity contribution < 1.29 is 9.59 Å². The molecule has 2 atom stereocenters. The minimum atomic E-state index is -0.549. The number of hydrogen-bond acceptors (Lipinski definition) is 4. The first-order valence-electron chi connectivity index (χ1n) is 9.59. The fourth-order valence-electron chi connectivity index (χ4n) is 3.56. The summed E-state index contributed by atoms with van der Waals surface area (Å²) in [6.07, 6.45) is 4.39. The fourth-order valence-corrected chi connectivity index (χ4v) is 4.03. The highest BCUT2D eigenvalue weighted by atomic mass is 32.2. The molecule has 0 radical (unpaired) electrons. The van der Waals surface area contributed by atoms with E-state index in [1.807, 2.05) is 30.5 Å². The van der Waals surface area contributed by atoms with Crippen LogP contribution < -0.4 is 16.4 Å². The van der Waals surface area contributed by atoms with Crippen LogP contribution in [-0.4, -0.2) is 29.9 Å². The largest absolute Gasteiger partial charge is 0.347 e. The molecule has 5 nitrogen and oxygen atoms in total. The maximum absolute atomic E-state index is 12.9. The molecule has 2 amide bonds. The van der Waals surface area contributed by atoms with Crippen LogP contribution in [0, 0.1) is 0 Å². The van der Waals surface area contributed by atoms with Crippen molar-refractivity contribution in [1.82, 2.24) is 10.6 Å². The van der Waals surface area contributed by atoms with Gasteiger partial charge in [-0.3, -0.25) is 9.59 Å². The van der Waals surface area contributed by atoms with E-state index in [9.17, 15) is 9.59 Å². The molecule has 0 saturated carbocycles. The lowest BCUT2D eigenvalue weighted by atomic mass is 10.0. The number of hydrogen-bond donors (Lipinski definition) is 3. The number of benzene rings is 2. The molecule has 0 aliphatic heterocycles. The van der Waals surface area contributed by atoms with Gasteiger partial charge in [0.05, 0.1) is 6.04 Å². The van der Waals surface area contributed by atoms with Crippen molar-refractivity contribution in [3.63, 3.8) is 0 Å². The van der Waals surface area contributed by atoms with Gasteiger partial charge in [-0.25, -0.2) is 0 Å². The number of carbonyl (C=O) groups excluding carboxylic acids is 2. The Morgan fingerprint density at radius 2 is 2.00 bits per heavy atom. The lowest BCUT2D eigenvalue weighted by molar-refractivity contribution is -0.123. The maximum Gasteiger partial charge on any atom is 0.251 e. The van der Waals surface area contributed by atoms with Crippen LogP contribution >= 0.6 is 11.8 Å². The van der Waals surface area contributed by atoms with Gasteiger partial charge in [0, 0.05) is 12.1 Å². The van der Waals surface area contributed by atoms with E-state index in [1.165, 1.54) is 5.56 Å². The summed E-state index contributed by atoms with van der Waals surface area (Å²) < 4.78 is 0. The zero-order valence-electron chi connectivity index (χ0n) is 16.1. The first-order valence-corrected chi connectivity index (χ1v) is 11.0. The Balaban J connectivity index is 1.68. The monoisotopic (exact) mass is 397 g/mol. The number of aryl methyl sites for hydroxylation is 1. The lowest BCUT2D eigenvalue weighted by Gasteiger charge is -2.21. The van der Waals surface area contributed by atoms with E-state index in [0.717, 1.165) is 29.7 Å². The number of carbonyl (C=O) groups is 2. The van der Waals surface area contributed by atoms with Gasteiger partial charge in [-0.05, 0) is 60.1 Å². The summed E-state index contributed by atoms with van der Waals surface area (Å²) in [5.41, 5.74) is 9.81. The summed E-state index contributed by atoms with van der Waals surface area (Å²) in [5.74, 6) is 0.453. The molecule has 0 aromatic heterocycles. The topological polar surface area (TPSA) is 84.2 Å². The third kappa shape index (κ3) is 4.94. The van der Waals surface area contributed by atoms with Crippen LogP contribution in [0.25, 0.3) is 0 Å². The lowest BCUT2D eigenvalue weighted by Crippen LogP contribution is -2.47. The number of nitrogens with one attached hydrogen (secondary N) is 2. The highest BCUT2D eigenvalue weighted by Gasteiger charge is 2.28. The second-order valence-electron chi connectivity index (χ2n) is 7.01. The Morgan fingerprint density at radius 1 is 1.21 bits per heavy atom. The van der Waals surface area contributed by atoms with Gasteiger partial charge in [0.25, 0.3) is 5.91 Å². The van der Waals surface area contributed by atoms with E-state index in [-0.39, 0.29) is 17.9 Å². The quantitative estimate of drug-likeness (QED) is 0.640. The summed E-state index contributed by atoms with van der Waals surface area (Å²) >= 11 is 1.66. The smallest absolute Gasteiger partial charge is 0.251 e. The molecule has 1 aliphatic rings. The molecule has 28 heavy (non-hydrogen) atoms. The Hall–Kier alpha value is -2.31. The van der Waals surface area contributed by atoms with Crippen molar-refractivity contribution in [2.24, 2.45) is 5.73 Å². The zero-order chi connectivity index (χ0) is 19.9. The van der Waals surface area contributed by atoms with Gasteiger partial charge in [-0.15, -0.1) is 0 Å². The van der Waals surface area contributed by atoms with Crippen molar-refractivity contribution >= 4 is 23.6 Å². The first-order chi connectivity index (χ1) is 13.6. The Morgan fingerprint density at radius 3 is 2.71 bits per heavy atom. The van der Waals surface area contributed by atoms with E-state index in [0.29, 0.717) is 18.5 Å². The van der Waals surface area contributed by atoms with Gasteiger partial charge < -0.3 is 16.4 Å². The number of nitrogens with two attached hydrogens (primary N) is 1. The normalized spacial score (nSPS) is 16.3. The van der Waals surface area contributed by atoms with Gasteiger partial charge in [0.2, 0.25) is 5.91 Å². The minimum Gasteiger partial charge on any atom is -0.347 e. The molecule has 1 aliphatic carbocycles. The molecule has 4 N–H and O–H groups in total. The Kier molecular flexibility index (Phi) is 7.12. The molecule has 148 valence electrons. The summed E-state index contributed by atoms with van der Waals surface area (Å²) in [7, 11) is 0. The maximum atomic E-state index is 12.9. The molecule has 0 fully saturated rings. The van der Waals surface area contributed by atoms with Crippen molar-refractivity contribution in [3.8, 4) is 0 Å². The average molecular weight is 398 g/mol. The van der Waals surface area contributed by atoms with Crippen LogP contribution in [0.5, 0.6) is 0 Å². The van der Waals surface area contributed by atoms with Crippen molar-refractivity contribution in [3.05, 3.63) is 70.8 Å². The predicted molar refractivity (Wildman–Crippen MR) is 114 cm³/mol. The molecule has 3 rings (SSSR count). The Bertz CT molecular complexity index is 826. The van der Waals surface area contributed by atoms with Gasteiger partial charge in [-0.2, -0.15) is 11.8 Å². The fraction of sp³-hybridized carbons (Fsp3) is 0.364. The Labute approximate surface area is 170 Å². The SMILES string of the molecule is CSCCC(NC(=O)c1ccccc1)C(=O)NC1CCc2cc(CN)ccc21. The highest BCUT2D eigenvalue weighted by molar-refractivity contribution is 7.98. The van der Waals surface area contributed by atoms with Gasteiger partial charge in [0.1, 0.15) is 6.04 Å². The average Bonchev–Trinajstić information content (AvgIpc) is 3.13. The van der Waals surface area contributed by atoms with Crippen LogP contribution in [0.1, 0.15) is 45.9 Å². The van der Waals surface area contributed by atoms with Crippen molar-refractivity contribution in [2.75, 3.05) is 12.0 Å². The summed E-state index contributed by atoms with van der Waals surface area (Å²) in [6, 6.07) is 14.6. The molecule has 2 aromatic rings. The third-order valence-electron chi connectivity index (χ3n) is 5.11. The number of rotatable bonds is 8. The molecule has 2 aromatic carbocycles. The van der Waals surface area contributed by atoms with Gasteiger partial charge in [0.15, 0.2) is 0 Å². The van der Waals surface area contributed by atoms with Crippen LogP contribution in [0.3, 0.4) is 0 Å². The van der Waals surface area contributed by atoms with Gasteiger partial charge >= 0.3 is 0 Å². The molecule has 0 heterocycles. The molecular formula is C22H27N3O2S. The van der Waals surface area contributed by atoms with E-state index < -0.39 is 6.04 Å². The van der Waals surface area contributed by atoms with Crippen LogP contribution in [0.15, 0.2) is 48.5 Å². The van der Waals surface area contributed by atoms with Gasteiger partial charge in [-0.1, -0.05) is 36.4 Å². The molecule has 0 spiro atoms. The summed E-state index contributed by atoms with van der Waals surface area (Å²) in [6.45, 7) is 0.520. The minimum absolute atomic E-state index is 0.0141. The van der Waals surface area contributed by atoms with E-state index in [4.69, 9.17) is 5.73 Å². The summed E-state index contributed by atoms with van der Waals surface area (Å²) in [4.78, 5) is 25.5. The predicted octanol–water partition coefficient (Wildman–Crippen LogP) is 2.80. The standard InChI is InChI=1S/C22H27N3O2S/c1-28-12-11-20(25-21(26)16-5-3-2-4-6-16)22(27)24-19-10-8-17-13-15(14-23)7-9-18(17)19/h2-7,9,13,19-20H,8,10-12,14,23H2,1H3,(H,24,27)(H,25,26). The van der Waals surface area contributed by atoms with E-state index in [2.05, 4.69) is 22.8 Å². The van der Waals surface area contributed by atoms with Crippen LogP contribution in [0.4, 0.5) is 0 Å². The van der Waals surface area contributed by atoms with Crippen LogP contribution in [-0.2, 0) is 17.8 Å². The first kappa shape index (κ1) is 20.4. The van der Waals surface area contributed by atoms with Crippen molar-refractivity contribution in [1.29, 1.82) is 0 Å². The number of fused-ring (bicyclic) bond motifs is 1. The van der Waals surface area contributed by atoms with E-state index in [1.54, 1.807) is 23.9 Å². The number of amides is 2. The highest BCUT2D eigenvalue weighted by Crippen LogP contribution is 2.31. The molecule has 2 unspecified atom stereocenters. The molecule has 0 saturated heterocycles. The molecular weight excluding hydrogens is 370 g/mol. The second kappa shape index (κ2) is 9.75. The van der Waals surface area contributed by atoms with Crippen LogP contribution in [0.2, 0.25) is 0 Å². The number of thioether (sulfide) groups is 1. The third-order valence-corrected chi connectivity index (χ3v) is 5.75. The molecule has 0 bridgehead atoms. The zero-order valence-corrected chi connectivity index (χ0v) is 16.9. The second-order valence-corrected chi connectivity index (χ2v) is 8.00. The summed E-state index contributed by atoms with van der Waals surface area (Å²) in [5, 5.41) is 6.05. The van der Waals surface area contributed by atoms with Crippen molar-refractivity contribution in [2.45, 2.75) is 37.9 Å².